The van der Waals surface area contributed by atoms with E-state index in [1.165, 1.54) is 12.1 Å². The summed E-state index contributed by atoms with van der Waals surface area (Å²) in [6.07, 6.45) is 0. The van der Waals surface area contributed by atoms with E-state index in [0.29, 0.717) is 5.75 Å². The van der Waals surface area contributed by atoms with E-state index in [9.17, 15) is 12.9 Å². The fourth-order valence-electron chi connectivity index (χ4n) is 1.64. The van der Waals surface area contributed by atoms with Gasteiger partial charge in [-0.15, -0.1) is 5.46 Å². The lowest BCUT2D eigenvalue weighted by Gasteiger charge is -2.16. The highest BCUT2D eigenvalue weighted by molar-refractivity contribution is 6.73. The number of ether oxygens (including phenoxy) is 2. The largest absolute Gasteiger partial charge is 0.509 e. The van der Waals surface area contributed by atoms with Gasteiger partial charge in [0.2, 0.25) is 0 Å². The standard InChI is InChI=1S/C14H13BF3O2/c16-15(17,18)12-5-4-8-14(11-12)20-10-9-19-13-6-2-1-3-7-13/h1-8,11H,9-10H2/q-1. The van der Waals surface area contributed by atoms with Crippen molar-refractivity contribution in [3.05, 3.63) is 54.6 Å². The summed E-state index contributed by atoms with van der Waals surface area (Å²) in [5.74, 6) is 0.891. The zero-order valence-corrected chi connectivity index (χ0v) is 10.6. The molecule has 2 aromatic rings. The van der Waals surface area contributed by atoms with Gasteiger partial charge in [-0.05, 0) is 24.3 Å². The Kier molecular flexibility index (Phi) is 4.55. The predicted octanol–water partition coefficient (Wildman–Crippen LogP) is 3.20. The Labute approximate surface area is 115 Å². The number of hydrogen-bond acceptors (Lipinski definition) is 2. The number of hydrogen-bond donors (Lipinski definition) is 0. The molecule has 0 saturated carbocycles. The van der Waals surface area contributed by atoms with Gasteiger partial charge in [0.25, 0.3) is 0 Å². The molecule has 0 amide bonds. The van der Waals surface area contributed by atoms with Gasteiger partial charge in [0.05, 0.1) is 0 Å². The maximum absolute atomic E-state index is 12.6. The van der Waals surface area contributed by atoms with Crippen molar-refractivity contribution < 1.29 is 22.4 Å². The zero-order chi connectivity index (χ0) is 14.4. The molecule has 0 aliphatic carbocycles. The summed E-state index contributed by atoms with van der Waals surface area (Å²) in [6.45, 7) is -4.54. The van der Waals surface area contributed by atoms with Crippen LogP contribution in [0.15, 0.2) is 54.6 Å². The molecule has 0 unspecified atom stereocenters. The monoisotopic (exact) mass is 281 g/mol. The Morgan fingerprint density at radius 3 is 2.00 bits per heavy atom. The minimum atomic E-state index is -5.00. The Bertz CT molecular complexity index is 544. The highest BCUT2D eigenvalue weighted by atomic mass is 19.4. The van der Waals surface area contributed by atoms with E-state index in [4.69, 9.17) is 9.47 Å². The highest BCUT2D eigenvalue weighted by Gasteiger charge is 2.25. The van der Waals surface area contributed by atoms with Crippen molar-refractivity contribution in [3.63, 3.8) is 0 Å². The van der Waals surface area contributed by atoms with E-state index in [2.05, 4.69) is 0 Å². The first-order valence-corrected chi connectivity index (χ1v) is 6.16. The third-order valence-corrected chi connectivity index (χ3v) is 2.60. The van der Waals surface area contributed by atoms with Gasteiger partial charge in [-0.2, -0.15) is 0 Å². The lowest BCUT2D eigenvalue weighted by Crippen LogP contribution is -2.33. The van der Waals surface area contributed by atoms with Gasteiger partial charge in [-0.25, -0.2) is 0 Å². The quantitative estimate of drug-likeness (QED) is 0.598. The Balaban J connectivity index is 1.83. The van der Waals surface area contributed by atoms with Gasteiger partial charge < -0.3 is 22.4 Å². The number of benzene rings is 2. The van der Waals surface area contributed by atoms with Gasteiger partial charge in [-0.3, -0.25) is 0 Å². The summed E-state index contributed by atoms with van der Waals surface area (Å²) in [5.41, 5.74) is -0.661. The van der Waals surface area contributed by atoms with E-state index >= 15 is 0 Å². The molecule has 0 aliphatic heterocycles. The van der Waals surface area contributed by atoms with Gasteiger partial charge in [-0.1, -0.05) is 30.3 Å². The second kappa shape index (κ2) is 6.37. The van der Waals surface area contributed by atoms with Crippen molar-refractivity contribution in [2.45, 2.75) is 0 Å². The maximum atomic E-state index is 12.6. The molecule has 0 radical (unpaired) electrons. The second-order valence-corrected chi connectivity index (χ2v) is 4.16. The molecule has 0 aliphatic rings. The van der Waals surface area contributed by atoms with Crippen molar-refractivity contribution in [2.24, 2.45) is 0 Å². The lowest BCUT2D eigenvalue weighted by molar-refractivity contribution is 0.217. The van der Waals surface area contributed by atoms with Gasteiger partial charge in [0.1, 0.15) is 24.7 Å². The summed E-state index contributed by atoms with van der Waals surface area (Å²) in [7, 11) is 0. The van der Waals surface area contributed by atoms with Gasteiger partial charge in [0, 0.05) is 0 Å². The second-order valence-electron chi connectivity index (χ2n) is 4.16. The molecular formula is C14H13BF3O2-. The first-order chi connectivity index (χ1) is 9.55. The van der Waals surface area contributed by atoms with E-state index < -0.39 is 12.4 Å². The molecule has 106 valence electrons. The van der Waals surface area contributed by atoms with E-state index in [1.54, 1.807) is 12.1 Å². The molecule has 0 atom stereocenters. The molecule has 0 N–H and O–H groups in total. The molecule has 0 saturated heterocycles. The third kappa shape index (κ3) is 4.22. The molecule has 20 heavy (non-hydrogen) atoms. The van der Waals surface area contributed by atoms with Crippen LogP contribution in [0, 0.1) is 0 Å². The minimum absolute atomic E-state index is 0.184. The molecule has 0 fully saturated rings. The molecule has 0 spiro atoms. The molecule has 6 heteroatoms. The molecule has 0 aromatic heterocycles. The number of rotatable bonds is 6. The third-order valence-electron chi connectivity index (χ3n) is 2.60. The van der Waals surface area contributed by atoms with Crippen molar-refractivity contribution in [1.82, 2.24) is 0 Å². The number of halogens is 3. The number of para-hydroxylation sites is 1. The van der Waals surface area contributed by atoms with Crippen LogP contribution in [0.4, 0.5) is 12.9 Å². The Morgan fingerprint density at radius 1 is 0.750 bits per heavy atom. The Hall–Kier alpha value is -2.11. The van der Waals surface area contributed by atoms with Crippen molar-refractivity contribution in [3.8, 4) is 11.5 Å². The van der Waals surface area contributed by atoms with E-state index in [1.807, 2.05) is 18.2 Å². The van der Waals surface area contributed by atoms with Crippen LogP contribution >= 0.6 is 0 Å². The van der Waals surface area contributed by atoms with Gasteiger partial charge in [0.15, 0.2) is 0 Å². The van der Waals surface area contributed by atoms with Crippen LogP contribution in [0.1, 0.15) is 0 Å². The Morgan fingerprint density at radius 2 is 1.35 bits per heavy atom. The van der Waals surface area contributed by atoms with E-state index in [-0.39, 0.29) is 19.0 Å². The molecular weight excluding hydrogens is 268 g/mol. The first kappa shape index (κ1) is 14.3. The summed E-state index contributed by atoms with van der Waals surface area (Å²) < 4.78 is 48.3. The molecule has 2 rings (SSSR count). The van der Waals surface area contributed by atoms with Crippen LogP contribution in [0.25, 0.3) is 0 Å². The smallest absolute Gasteiger partial charge is 0.490 e. The van der Waals surface area contributed by atoms with Crippen molar-refractivity contribution in [2.75, 3.05) is 13.2 Å². The minimum Gasteiger partial charge on any atom is -0.490 e. The van der Waals surface area contributed by atoms with Crippen LogP contribution in [-0.2, 0) is 0 Å². The van der Waals surface area contributed by atoms with Crippen molar-refractivity contribution >= 4 is 12.4 Å². The van der Waals surface area contributed by atoms with Crippen LogP contribution in [0.5, 0.6) is 11.5 Å². The topological polar surface area (TPSA) is 18.5 Å². The normalized spacial score (nSPS) is 11.2. The summed E-state index contributed by atoms with van der Waals surface area (Å²) in [4.78, 5) is 0. The molecule has 0 bridgehead atoms. The van der Waals surface area contributed by atoms with E-state index in [0.717, 1.165) is 12.1 Å². The average molecular weight is 281 g/mol. The SMILES string of the molecule is F[B-](F)(F)c1cccc(OCCOc2ccccc2)c1. The maximum Gasteiger partial charge on any atom is 0.509 e. The van der Waals surface area contributed by atoms with Gasteiger partial charge >= 0.3 is 6.98 Å². The molecule has 2 nitrogen and oxygen atoms in total. The van der Waals surface area contributed by atoms with Crippen LogP contribution < -0.4 is 14.9 Å². The lowest BCUT2D eigenvalue weighted by atomic mass is 9.80. The predicted molar refractivity (Wildman–Crippen MR) is 72.6 cm³/mol. The van der Waals surface area contributed by atoms with Crippen molar-refractivity contribution in [1.29, 1.82) is 0 Å². The van der Waals surface area contributed by atoms with Crippen LogP contribution in [0.3, 0.4) is 0 Å². The summed E-state index contributed by atoms with van der Waals surface area (Å²) in [5, 5.41) is 0. The summed E-state index contributed by atoms with van der Waals surface area (Å²) in [6, 6.07) is 14.0. The highest BCUT2D eigenvalue weighted by Crippen LogP contribution is 2.14. The zero-order valence-electron chi connectivity index (χ0n) is 10.6. The first-order valence-electron chi connectivity index (χ1n) is 6.16. The summed E-state index contributed by atoms with van der Waals surface area (Å²) >= 11 is 0. The fourth-order valence-corrected chi connectivity index (χ4v) is 1.64. The molecule has 2 aromatic carbocycles. The fraction of sp³-hybridized carbons (Fsp3) is 0.143. The van der Waals surface area contributed by atoms with Crippen LogP contribution in [0.2, 0.25) is 0 Å². The average Bonchev–Trinajstić information content (AvgIpc) is 2.44. The molecule has 0 heterocycles. The van der Waals surface area contributed by atoms with Crippen LogP contribution in [-0.4, -0.2) is 20.2 Å².